The largest absolute Gasteiger partial charge is 0.444 e. The summed E-state index contributed by atoms with van der Waals surface area (Å²) in [4.78, 5) is 12.7. The molecule has 2 rings (SSSR count). The molecule has 16 heavy (non-hydrogen) atoms. The second kappa shape index (κ2) is 5.16. The third kappa shape index (κ3) is 2.96. The molecule has 3 nitrogen and oxygen atoms in total. The van der Waals surface area contributed by atoms with Gasteiger partial charge in [0.15, 0.2) is 10.4 Å². The lowest BCUT2D eigenvalue weighted by atomic mass is 10.4. The van der Waals surface area contributed by atoms with E-state index < -0.39 is 0 Å². The number of furan rings is 1. The van der Waals surface area contributed by atoms with Crippen LogP contribution in [0.5, 0.6) is 0 Å². The molecular formula is C10H7Br2NO2S. The molecule has 0 unspecified atom stereocenters. The monoisotopic (exact) mass is 363 g/mol. The van der Waals surface area contributed by atoms with Crippen LogP contribution in [0.4, 0.5) is 0 Å². The Morgan fingerprint density at radius 3 is 2.81 bits per heavy atom. The van der Waals surface area contributed by atoms with Gasteiger partial charge in [0.25, 0.3) is 5.91 Å². The number of nitrogens with one attached hydrogen (secondary N) is 1. The molecular weight excluding hydrogens is 358 g/mol. The van der Waals surface area contributed by atoms with E-state index in [2.05, 4.69) is 37.2 Å². The van der Waals surface area contributed by atoms with Crippen molar-refractivity contribution in [1.82, 2.24) is 5.32 Å². The number of hydrogen-bond acceptors (Lipinski definition) is 3. The number of hydrogen-bond donors (Lipinski definition) is 1. The summed E-state index contributed by atoms with van der Waals surface area (Å²) in [5.74, 6) is 0.0951. The van der Waals surface area contributed by atoms with Crippen molar-refractivity contribution in [2.45, 2.75) is 6.54 Å². The van der Waals surface area contributed by atoms with Crippen LogP contribution in [0.15, 0.2) is 37.1 Å². The molecule has 0 fully saturated rings. The van der Waals surface area contributed by atoms with Crippen molar-refractivity contribution in [3.63, 3.8) is 0 Å². The fourth-order valence-corrected chi connectivity index (χ4v) is 2.83. The quantitative estimate of drug-likeness (QED) is 0.900. The van der Waals surface area contributed by atoms with Crippen molar-refractivity contribution in [1.29, 1.82) is 0 Å². The Morgan fingerprint density at radius 2 is 2.25 bits per heavy atom. The topological polar surface area (TPSA) is 42.2 Å². The lowest BCUT2D eigenvalue weighted by Crippen LogP contribution is -2.21. The Labute approximate surface area is 113 Å². The molecule has 0 saturated heterocycles. The lowest BCUT2D eigenvalue weighted by molar-refractivity contribution is 0.0922. The third-order valence-electron chi connectivity index (χ3n) is 1.84. The average Bonchev–Trinajstić information content (AvgIpc) is 2.84. The van der Waals surface area contributed by atoms with Gasteiger partial charge in [-0.3, -0.25) is 4.79 Å². The van der Waals surface area contributed by atoms with Crippen LogP contribution in [0.2, 0.25) is 0 Å². The van der Waals surface area contributed by atoms with Crippen LogP contribution in [0.25, 0.3) is 0 Å². The number of carbonyl (C=O) groups excluding carboxylic acids is 1. The van der Waals surface area contributed by atoms with Crippen molar-refractivity contribution in [3.05, 3.63) is 43.4 Å². The SMILES string of the molecule is O=C(NCc1cc(Br)cs1)c1ccc(Br)o1. The van der Waals surface area contributed by atoms with E-state index in [1.165, 1.54) is 0 Å². The zero-order valence-corrected chi connectivity index (χ0v) is 12.0. The molecule has 0 bridgehead atoms. The van der Waals surface area contributed by atoms with Gasteiger partial charge in [0.1, 0.15) is 0 Å². The predicted molar refractivity (Wildman–Crippen MR) is 69.6 cm³/mol. The molecule has 0 radical (unpaired) electrons. The highest BCUT2D eigenvalue weighted by molar-refractivity contribution is 9.10. The van der Waals surface area contributed by atoms with Gasteiger partial charge in [-0.05, 0) is 50.1 Å². The van der Waals surface area contributed by atoms with Crippen LogP contribution in [0.3, 0.4) is 0 Å². The van der Waals surface area contributed by atoms with Crippen LogP contribution in [0, 0.1) is 0 Å². The normalized spacial score (nSPS) is 10.4. The summed E-state index contributed by atoms with van der Waals surface area (Å²) in [6.07, 6.45) is 0. The van der Waals surface area contributed by atoms with Gasteiger partial charge >= 0.3 is 0 Å². The van der Waals surface area contributed by atoms with Crippen LogP contribution >= 0.6 is 43.2 Å². The molecule has 0 spiro atoms. The average molecular weight is 365 g/mol. The second-order valence-corrected chi connectivity index (χ2v) is 5.71. The van der Waals surface area contributed by atoms with Crippen molar-refractivity contribution in [3.8, 4) is 0 Å². The van der Waals surface area contributed by atoms with Crippen molar-refractivity contribution >= 4 is 49.1 Å². The van der Waals surface area contributed by atoms with Crippen molar-refractivity contribution in [2.24, 2.45) is 0 Å². The maximum Gasteiger partial charge on any atom is 0.287 e. The van der Waals surface area contributed by atoms with E-state index in [0.29, 0.717) is 17.0 Å². The molecule has 6 heteroatoms. The van der Waals surface area contributed by atoms with E-state index in [4.69, 9.17) is 4.42 Å². The molecule has 84 valence electrons. The lowest BCUT2D eigenvalue weighted by Gasteiger charge is -1.99. The minimum atomic E-state index is -0.213. The number of carbonyl (C=O) groups is 1. The number of rotatable bonds is 3. The summed E-state index contributed by atoms with van der Waals surface area (Å²) < 4.78 is 6.72. The minimum absolute atomic E-state index is 0.213. The standard InChI is InChI=1S/C10H7Br2NO2S/c11-6-3-7(16-5-6)4-13-10(14)8-1-2-9(12)15-8/h1-3,5H,4H2,(H,13,14). The molecule has 2 heterocycles. The summed E-state index contributed by atoms with van der Waals surface area (Å²) in [5, 5.41) is 4.76. The van der Waals surface area contributed by atoms with Crippen LogP contribution in [-0.4, -0.2) is 5.91 Å². The highest BCUT2D eigenvalue weighted by Gasteiger charge is 2.10. The van der Waals surface area contributed by atoms with E-state index in [1.807, 2.05) is 11.4 Å². The predicted octanol–water partition coefficient (Wildman–Crippen LogP) is 3.80. The van der Waals surface area contributed by atoms with Gasteiger partial charge in [-0.2, -0.15) is 0 Å². The van der Waals surface area contributed by atoms with E-state index in [-0.39, 0.29) is 5.91 Å². The first-order valence-electron chi connectivity index (χ1n) is 4.41. The molecule has 0 aliphatic carbocycles. The smallest absolute Gasteiger partial charge is 0.287 e. The van der Waals surface area contributed by atoms with E-state index in [1.54, 1.807) is 23.5 Å². The molecule has 0 saturated carbocycles. The van der Waals surface area contributed by atoms with E-state index >= 15 is 0 Å². The maximum absolute atomic E-state index is 11.6. The molecule has 0 atom stereocenters. The van der Waals surface area contributed by atoms with Gasteiger partial charge < -0.3 is 9.73 Å². The fraction of sp³-hybridized carbons (Fsp3) is 0.100. The maximum atomic E-state index is 11.6. The van der Waals surface area contributed by atoms with Crippen LogP contribution in [0.1, 0.15) is 15.4 Å². The molecule has 2 aromatic heterocycles. The van der Waals surface area contributed by atoms with E-state index in [9.17, 15) is 4.79 Å². The number of amides is 1. The summed E-state index contributed by atoms with van der Waals surface area (Å²) in [7, 11) is 0. The fourth-order valence-electron chi connectivity index (χ4n) is 1.14. The Hall–Kier alpha value is -0.590. The second-order valence-electron chi connectivity index (χ2n) is 3.02. The van der Waals surface area contributed by atoms with Gasteiger partial charge in [0.2, 0.25) is 0 Å². The van der Waals surface area contributed by atoms with Gasteiger partial charge in [-0.1, -0.05) is 0 Å². The highest BCUT2D eigenvalue weighted by atomic mass is 79.9. The molecule has 2 aromatic rings. The van der Waals surface area contributed by atoms with Gasteiger partial charge in [-0.15, -0.1) is 11.3 Å². The summed E-state index contributed by atoms with van der Waals surface area (Å²) in [5.41, 5.74) is 0. The van der Waals surface area contributed by atoms with Crippen molar-refractivity contribution < 1.29 is 9.21 Å². The Kier molecular flexibility index (Phi) is 3.83. The Bertz CT molecular complexity index is 506. The van der Waals surface area contributed by atoms with Gasteiger partial charge in [0.05, 0.1) is 6.54 Å². The first kappa shape index (κ1) is 11.9. The van der Waals surface area contributed by atoms with Crippen molar-refractivity contribution in [2.75, 3.05) is 0 Å². The van der Waals surface area contributed by atoms with Crippen LogP contribution in [-0.2, 0) is 6.54 Å². The highest BCUT2D eigenvalue weighted by Crippen LogP contribution is 2.19. The zero-order valence-electron chi connectivity index (χ0n) is 8.00. The molecule has 0 aliphatic rings. The minimum Gasteiger partial charge on any atom is -0.444 e. The Morgan fingerprint density at radius 1 is 1.44 bits per heavy atom. The number of thiophene rings is 1. The first-order valence-corrected chi connectivity index (χ1v) is 6.88. The summed E-state index contributed by atoms with van der Waals surface area (Å²) in [6.45, 7) is 0.507. The molecule has 1 amide bonds. The summed E-state index contributed by atoms with van der Waals surface area (Å²) in [6, 6.07) is 5.30. The van der Waals surface area contributed by atoms with E-state index in [0.717, 1.165) is 9.35 Å². The molecule has 0 aliphatic heterocycles. The Balaban J connectivity index is 1.93. The summed E-state index contributed by atoms with van der Waals surface area (Å²) >= 11 is 8.10. The number of halogens is 2. The molecule has 0 aromatic carbocycles. The van der Waals surface area contributed by atoms with Gasteiger partial charge in [-0.25, -0.2) is 0 Å². The zero-order chi connectivity index (χ0) is 11.5. The van der Waals surface area contributed by atoms with Crippen LogP contribution < -0.4 is 5.32 Å². The molecule has 1 N–H and O–H groups in total. The first-order chi connectivity index (χ1) is 7.65. The van der Waals surface area contributed by atoms with Gasteiger partial charge in [0, 0.05) is 14.7 Å². The third-order valence-corrected chi connectivity index (χ3v) is 3.97.